The first-order valence-corrected chi connectivity index (χ1v) is 13.9. The van der Waals surface area contributed by atoms with Crippen LogP contribution in [0.3, 0.4) is 0 Å². The predicted molar refractivity (Wildman–Crippen MR) is 144 cm³/mol. The third-order valence-electron chi connectivity index (χ3n) is 5.56. The molecule has 36 heavy (non-hydrogen) atoms. The van der Waals surface area contributed by atoms with Crippen molar-refractivity contribution in [2.75, 3.05) is 24.2 Å². The number of sulfonamides is 1. The average Bonchev–Trinajstić information content (AvgIpc) is 2.77. The number of nitrogens with one attached hydrogen (secondary N) is 1. The van der Waals surface area contributed by atoms with Crippen LogP contribution in [-0.4, -0.2) is 56.6 Å². The van der Waals surface area contributed by atoms with Gasteiger partial charge in [0.15, 0.2) is 0 Å². The second kappa shape index (κ2) is 12.0. The van der Waals surface area contributed by atoms with Gasteiger partial charge in [0.05, 0.1) is 19.1 Å². The average molecular weight is 538 g/mol. The number of methoxy groups -OCH3 is 1. The highest BCUT2D eigenvalue weighted by molar-refractivity contribution is 7.92. The first-order chi connectivity index (χ1) is 16.7. The van der Waals surface area contributed by atoms with Gasteiger partial charge in [-0.2, -0.15) is 0 Å². The summed E-state index contributed by atoms with van der Waals surface area (Å²) < 4.78 is 31.9. The van der Waals surface area contributed by atoms with Crippen LogP contribution in [0.25, 0.3) is 0 Å². The van der Waals surface area contributed by atoms with Gasteiger partial charge < -0.3 is 15.0 Å². The molecule has 0 bridgehead atoms. The summed E-state index contributed by atoms with van der Waals surface area (Å²) in [5, 5.41) is 3.33. The molecule has 0 saturated heterocycles. The number of hydrogen-bond acceptors (Lipinski definition) is 5. The number of rotatable bonds is 10. The van der Waals surface area contributed by atoms with Crippen LogP contribution < -0.4 is 14.4 Å². The minimum atomic E-state index is -3.84. The first-order valence-electron chi connectivity index (χ1n) is 11.6. The minimum absolute atomic E-state index is 0.0955. The van der Waals surface area contributed by atoms with Gasteiger partial charge in [-0.15, -0.1) is 0 Å². The number of benzene rings is 2. The van der Waals surface area contributed by atoms with Gasteiger partial charge >= 0.3 is 0 Å². The highest BCUT2D eigenvalue weighted by atomic mass is 35.5. The molecule has 0 spiro atoms. The van der Waals surface area contributed by atoms with Crippen LogP contribution in [0.4, 0.5) is 5.69 Å². The monoisotopic (exact) mass is 537 g/mol. The van der Waals surface area contributed by atoms with Crippen LogP contribution in [0.2, 0.25) is 5.02 Å². The summed E-state index contributed by atoms with van der Waals surface area (Å²) in [5.74, 6) is -0.218. The number of carbonyl (C=O) groups excluding carboxylic acids is 2. The van der Waals surface area contributed by atoms with E-state index in [2.05, 4.69) is 5.32 Å². The summed E-state index contributed by atoms with van der Waals surface area (Å²) >= 11 is 6.24. The Hall–Kier alpha value is -2.78. The Morgan fingerprint density at radius 3 is 2.33 bits per heavy atom. The van der Waals surface area contributed by atoms with Gasteiger partial charge in [0, 0.05) is 17.1 Å². The Morgan fingerprint density at radius 2 is 1.78 bits per heavy atom. The molecule has 2 aromatic rings. The molecule has 0 heterocycles. The van der Waals surface area contributed by atoms with Crippen molar-refractivity contribution < 1.29 is 22.7 Å². The maximum absolute atomic E-state index is 13.8. The molecule has 0 saturated carbocycles. The van der Waals surface area contributed by atoms with Crippen LogP contribution >= 0.6 is 11.6 Å². The molecule has 2 aromatic carbocycles. The van der Waals surface area contributed by atoms with Gasteiger partial charge in [-0.25, -0.2) is 8.42 Å². The molecule has 0 aromatic heterocycles. The van der Waals surface area contributed by atoms with Gasteiger partial charge in [-0.1, -0.05) is 36.7 Å². The van der Waals surface area contributed by atoms with Crippen molar-refractivity contribution >= 4 is 39.1 Å². The standard InChI is InChI=1S/C26H36ClN3O5S/c1-8-22(25(32)28-26(3,4)5)29(16-19-11-9-12-20(15-19)35-6)24(31)17-30(36(7,33)34)23-14-10-13-21(27)18(23)2/h9-15,22H,8,16-17H2,1-7H3,(H,28,32). The van der Waals surface area contributed by atoms with Crippen LogP contribution in [0.15, 0.2) is 42.5 Å². The van der Waals surface area contributed by atoms with Crippen molar-refractivity contribution in [3.63, 3.8) is 0 Å². The van der Waals surface area contributed by atoms with Crippen molar-refractivity contribution in [1.82, 2.24) is 10.2 Å². The summed E-state index contributed by atoms with van der Waals surface area (Å²) in [6.45, 7) is 8.70. The van der Waals surface area contributed by atoms with Crippen LogP contribution in [0.1, 0.15) is 45.2 Å². The Balaban J connectivity index is 2.52. The molecule has 10 heteroatoms. The maximum Gasteiger partial charge on any atom is 0.244 e. The molecule has 2 amide bonds. The van der Waals surface area contributed by atoms with Crippen molar-refractivity contribution in [2.24, 2.45) is 0 Å². The minimum Gasteiger partial charge on any atom is -0.497 e. The zero-order valence-electron chi connectivity index (χ0n) is 22.0. The first kappa shape index (κ1) is 29.5. The van der Waals surface area contributed by atoms with E-state index in [1.807, 2.05) is 33.8 Å². The van der Waals surface area contributed by atoms with Gasteiger partial charge in [0.1, 0.15) is 18.3 Å². The fraction of sp³-hybridized carbons (Fsp3) is 0.462. The highest BCUT2D eigenvalue weighted by Gasteiger charge is 2.33. The van der Waals surface area contributed by atoms with Crippen LogP contribution in [0, 0.1) is 6.92 Å². The Kier molecular flexibility index (Phi) is 9.79. The number of halogens is 1. The van der Waals surface area contributed by atoms with E-state index in [0.717, 1.165) is 16.1 Å². The van der Waals surface area contributed by atoms with E-state index >= 15 is 0 Å². The van der Waals surface area contributed by atoms with Gasteiger partial charge in [0.25, 0.3) is 0 Å². The van der Waals surface area contributed by atoms with Crippen LogP contribution in [0.5, 0.6) is 5.75 Å². The zero-order chi connectivity index (χ0) is 27.3. The lowest BCUT2D eigenvalue weighted by Gasteiger charge is -2.34. The third-order valence-corrected chi connectivity index (χ3v) is 7.09. The van der Waals surface area contributed by atoms with E-state index in [9.17, 15) is 18.0 Å². The summed E-state index contributed by atoms with van der Waals surface area (Å²) in [6.07, 6.45) is 1.38. The van der Waals surface area contributed by atoms with E-state index < -0.39 is 34.1 Å². The summed E-state index contributed by atoms with van der Waals surface area (Å²) in [6, 6.07) is 11.3. The molecule has 0 aliphatic rings. The molecule has 0 aliphatic carbocycles. The fourth-order valence-electron chi connectivity index (χ4n) is 3.80. The van der Waals surface area contributed by atoms with Crippen LogP contribution in [-0.2, 0) is 26.2 Å². The highest BCUT2D eigenvalue weighted by Crippen LogP contribution is 2.28. The summed E-state index contributed by atoms with van der Waals surface area (Å²) in [7, 11) is -2.30. The lowest BCUT2D eigenvalue weighted by atomic mass is 10.1. The molecule has 1 N–H and O–H groups in total. The number of ether oxygens (including phenoxy) is 1. The Bertz CT molecular complexity index is 1190. The predicted octanol–water partition coefficient (Wildman–Crippen LogP) is 4.15. The molecular formula is C26H36ClN3O5S. The topological polar surface area (TPSA) is 96.0 Å². The van der Waals surface area contributed by atoms with E-state index in [-0.39, 0.29) is 12.5 Å². The van der Waals surface area contributed by atoms with Gasteiger partial charge in [0.2, 0.25) is 21.8 Å². The number of anilines is 1. The van der Waals surface area contributed by atoms with E-state index in [0.29, 0.717) is 28.4 Å². The molecule has 2 rings (SSSR count). The molecule has 0 radical (unpaired) electrons. The molecule has 198 valence electrons. The molecule has 0 fully saturated rings. The second-order valence-corrected chi connectivity index (χ2v) is 12.0. The van der Waals surface area contributed by atoms with Crippen molar-refractivity contribution in [2.45, 2.75) is 59.2 Å². The maximum atomic E-state index is 13.8. The van der Waals surface area contributed by atoms with Crippen molar-refractivity contribution in [1.29, 1.82) is 0 Å². The molecule has 0 aliphatic heterocycles. The summed E-state index contributed by atoms with van der Waals surface area (Å²) in [4.78, 5) is 28.4. The van der Waals surface area contributed by atoms with E-state index in [1.54, 1.807) is 50.4 Å². The SMILES string of the molecule is CCC(C(=O)NC(C)(C)C)N(Cc1cccc(OC)c1)C(=O)CN(c1cccc(Cl)c1C)S(C)(=O)=O. The van der Waals surface area contributed by atoms with Gasteiger partial charge in [-0.05, 0) is 69.5 Å². The van der Waals surface area contributed by atoms with E-state index in [4.69, 9.17) is 16.3 Å². The lowest BCUT2D eigenvalue weighted by Crippen LogP contribution is -2.55. The Labute approximate surface area is 219 Å². The number of carbonyl (C=O) groups is 2. The van der Waals surface area contributed by atoms with E-state index in [1.165, 1.54) is 4.90 Å². The largest absolute Gasteiger partial charge is 0.497 e. The Morgan fingerprint density at radius 1 is 1.14 bits per heavy atom. The third kappa shape index (κ3) is 7.86. The smallest absolute Gasteiger partial charge is 0.244 e. The fourth-order valence-corrected chi connectivity index (χ4v) is 4.87. The van der Waals surface area contributed by atoms with Crippen molar-refractivity contribution in [3.05, 3.63) is 58.6 Å². The molecule has 1 unspecified atom stereocenters. The number of nitrogens with zero attached hydrogens (tertiary/aromatic N) is 2. The molecular weight excluding hydrogens is 502 g/mol. The molecule has 1 atom stereocenters. The second-order valence-electron chi connectivity index (χ2n) is 9.69. The summed E-state index contributed by atoms with van der Waals surface area (Å²) in [5.41, 5.74) is 1.09. The zero-order valence-corrected chi connectivity index (χ0v) is 23.5. The quantitative estimate of drug-likeness (QED) is 0.491. The van der Waals surface area contributed by atoms with Crippen molar-refractivity contribution in [3.8, 4) is 5.75 Å². The molecule has 8 nitrogen and oxygen atoms in total. The lowest BCUT2D eigenvalue weighted by molar-refractivity contribution is -0.141. The normalized spacial score (nSPS) is 12.6. The van der Waals surface area contributed by atoms with Gasteiger partial charge in [-0.3, -0.25) is 13.9 Å². The number of hydrogen-bond donors (Lipinski definition) is 1. The number of amides is 2.